The molecular formula is C17H29NOS. The van der Waals surface area contributed by atoms with E-state index in [9.17, 15) is 5.11 Å². The fourth-order valence-electron chi connectivity index (χ4n) is 3.57. The number of thiophene rings is 1. The van der Waals surface area contributed by atoms with Crippen molar-refractivity contribution < 1.29 is 5.11 Å². The Kier molecular flexibility index (Phi) is 6.53. The molecule has 1 aliphatic carbocycles. The standard InChI is InChI=1S/C17H29NOS/c1-2-3-5-13-7-9-14(10-8-13)17(19)15(12-18)16-6-4-11-20-16/h4,6,11,13-15,17,19H,2-3,5,7-10,12,18H2,1H3. The molecule has 2 nitrogen and oxygen atoms in total. The molecule has 1 heterocycles. The zero-order valence-electron chi connectivity index (χ0n) is 12.6. The molecule has 0 spiro atoms. The van der Waals surface area contributed by atoms with Crippen molar-refractivity contribution in [3.8, 4) is 0 Å². The Balaban J connectivity index is 1.86. The summed E-state index contributed by atoms with van der Waals surface area (Å²) in [5.41, 5.74) is 5.91. The molecule has 2 unspecified atom stereocenters. The van der Waals surface area contributed by atoms with E-state index in [2.05, 4.69) is 24.4 Å². The summed E-state index contributed by atoms with van der Waals surface area (Å²) in [5, 5.41) is 12.8. The minimum atomic E-state index is -0.259. The van der Waals surface area contributed by atoms with Crippen LogP contribution in [0.3, 0.4) is 0 Å². The van der Waals surface area contributed by atoms with Gasteiger partial charge < -0.3 is 10.8 Å². The number of rotatable bonds is 7. The normalized spacial score (nSPS) is 26.4. The molecule has 1 saturated carbocycles. The molecule has 1 aliphatic rings. The predicted octanol–water partition coefficient (Wildman–Crippen LogP) is 4.15. The van der Waals surface area contributed by atoms with Crippen LogP contribution in [-0.2, 0) is 0 Å². The van der Waals surface area contributed by atoms with Crippen molar-refractivity contribution in [2.24, 2.45) is 17.6 Å². The van der Waals surface area contributed by atoms with Crippen molar-refractivity contribution in [2.45, 2.75) is 63.9 Å². The molecule has 0 bridgehead atoms. The SMILES string of the molecule is CCCCC1CCC(C(O)C(CN)c2cccs2)CC1. The number of unbranched alkanes of at least 4 members (excludes halogenated alkanes) is 1. The van der Waals surface area contributed by atoms with Crippen molar-refractivity contribution in [1.82, 2.24) is 0 Å². The zero-order valence-corrected chi connectivity index (χ0v) is 13.4. The van der Waals surface area contributed by atoms with E-state index in [-0.39, 0.29) is 12.0 Å². The Bertz CT molecular complexity index is 357. The number of aliphatic hydroxyl groups excluding tert-OH is 1. The highest BCUT2D eigenvalue weighted by molar-refractivity contribution is 7.10. The number of nitrogens with two attached hydrogens (primary N) is 1. The average molecular weight is 295 g/mol. The maximum absolute atomic E-state index is 10.7. The Hall–Kier alpha value is -0.380. The fraction of sp³-hybridized carbons (Fsp3) is 0.765. The van der Waals surface area contributed by atoms with Gasteiger partial charge in [0.2, 0.25) is 0 Å². The van der Waals surface area contributed by atoms with Gasteiger partial charge in [0.25, 0.3) is 0 Å². The minimum Gasteiger partial charge on any atom is -0.392 e. The Morgan fingerprint density at radius 3 is 2.65 bits per heavy atom. The highest BCUT2D eigenvalue weighted by Gasteiger charge is 2.31. The summed E-state index contributed by atoms with van der Waals surface area (Å²) < 4.78 is 0. The van der Waals surface area contributed by atoms with Crippen LogP contribution in [0.1, 0.15) is 62.7 Å². The van der Waals surface area contributed by atoms with E-state index in [0.717, 1.165) is 5.92 Å². The van der Waals surface area contributed by atoms with Gasteiger partial charge in [-0.2, -0.15) is 0 Å². The lowest BCUT2D eigenvalue weighted by molar-refractivity contribution is 0.0529. The molecule has 0 aromatic carbocycles. The summed E-state index contributed by atoms with van der Waals surface area (Å²) >= 11 is 1.72. The fourth-order valence-corrected chi connectivity index (χ4v) is 4.45. The molecule has 1 aromatic heterocycles. The van der Waals surface area contributed by atoms with E-state index in [1.807, 2.05) is 0 Å². The second-order valence-corrected chi connectivity index (χ2v) is 7.25. The number of aliphatic hydroxyl groups is 1. The van der Waals surface area contributed by atoms with E-state index in [1.54, 1.807) is 11.3 Å². The number of hydrogen-bond acceptors (Lipinski definition) is 3. The van der Waals surface area contributed by atoms with Crippen molar-refractivity contribution in [3.05, 3.63) is 22.4 Å². The molecule has 3 heteroatoms. The van der Waals surface area contributed by atoms with Crippen LogP contribution < -0.4 is 5.73 Å². The summed E-state index contributed by atoms with van der Waals surface area (Å²) in [7, 11) is 0. The molecule has 114 valence electrons. The molecule has 1 aromatic rings. The molecule has 3 N–H and O–H groups in total. The van der Waals surface area contributed by atoms with E-state index in [0.29, 0.717) is 12.5 Å². The largest absolute Gasteiger partial charge is 0.392 e. The van der Waals surface area contributed by atoms with Crippen LogP contribution in [0.5, 0.6) is 0 Å². The van der Waals surface area contributed by atoms with E-state index < -0.39 is 0 Å². The Labute approximate surface area is 127 Å². The summed E-state index contributed by atoms with van der Waals surface area (Å²) in [6, 6.07) is 4.16. The van der Waals surface area contributed by atoms with Crippen molar-refractivity contribution in [3.63, 3.8) is 0 Å². The number of hydrogen-bond donors (Lipinski definition) is 2. The Morgan fingerprint density at radius 1 is 1.35 bits per heavy atom. The molecule has 2 atom stereocenters. The molecule has 0 amide bonds. The van der Waals surface area contributed by atoms with Crippen molar-refractivity contribution >= 4 is 11.3 Å². The van der Waals surface area contributed by atoms with Gasteiger partial charge in [-0.15, -0.1) is 11.3 Å². The third-order valence-electron chi connectivity index (χ3n) is 4.92. The summed E-state index contributed by atoms with van der Waals surface area (Å²) in [6.45, 7) is 2.82. The third kappa shape index (κ3) is 4.06. The lowest BCUT2D eigenvalue weighted by Crippen LogP contribution is -2.34. The molecule has 20 heavy (non-hydrogen) atoms. The summed E-state index contributed by atoms with van der Waals surface area (Å²) in [5.74, 6) is 1.48. The van der Waals surface area contributed by atoms with Crippen LogP contribution in [0.15, 0.2) is 17.5 Å². The van der Waals surface area contributed by atoms with Gasteiger partial charge in [-0.05, 0) is 36.1 Å². The topological polar surface area (TPSA) is 46.2 Å². The van der Waals surface area contributed by atoms with Gasteiger partial charge in [-0.25, -0.2) is 0 Å². The van der Waals surface area contributed by atoms with Crippen molar-refractivity contribution in [2.75, 3.05) is 6.54 Å². The zero-order chi connectivity index (χ0) is 14.4. The van der Waals surface area contributed by atoms with E-state index in [1.165, 1.54) is 49.8 Å². The molecule has 2 rings (SSSR count). The van der Waals surface area contributed by atoms with Gasteiger partial charge in [0.15, 0.2) is 0 Å². The van der Waals surface area contributed by atoms with Gasteiger partial charge in [-0.3, -0.25) is 0 Å². The van der Waals surface area contributed by atoms with Gasteiger partial charge in [0, 0.05) is 17.3 Å². The first-order valence-electron chi connectivity index (χ1n) is 8.17. The molecule has 0 aliphatic heterocycles. The van der Waals surface area contributed by atoms with E-state index >= 15 is 0 Å². The third-order valence-corrected chi connectivity index (χ3v) is 5.92. The smallest absolute Gasteiger partial charge is 0.0656 e. The van der Waals surface area contributed by atoms with Crippen LogP contribution in [0, 0.1) is 11.8 Å². The van der Waals surface area contributed by atoms with Crippen LogP contribution in [0.2, 0.25) is 0 Å². The summed E-state index contributed by atoms with van der Waals surface area (Å²) in [6.07, 6.45) is 8.73. The second kappa shape index (κ2) is 8.16. The van der Waals surface area contributed by atoms with E-state index in [4.69, 9.17) is 5.73 Å². The van der Waals surface area contributed by atoms with Crippen LogP contribution >= 0.6 is 11.3 Å². The second-order valence-electron chi connectivity index (χ2n) is 6.27. The quantitative estimate of drug-likeness (QED) is 0.794. The monoisotopic (exact) mass is 295 g/mol. The molecule has 0 radical (unpaired) electrons. The van der Waals surface area contributed by atoms with Crippen LogP contribution in [0.4, 0.5) is 0 Å². The first kappa shape index (κ1) is 16.0. The van der Waals surface area contributed by atoms with Gasteiger partial charge >= 0.3 is 0 Å². The van der Waals surface area contributed by atoms with Gasteiger partial charge in [0.1, 0.15) is 0 Å². The van der Waals surface area contributed by atoms with Crippen LogP contribution in [-0.4, -0.2) is 17.8 Å². The maximum Gasteiger partial charge on any atom is 0.0656 e. The van der Waals surface area contributed by atoms with Gasteiger partial charge in [0.05, 0.1) is 6.10 Å². The average Bonchev–Trinajstić information content (AvgIpc) is 3.00. The predicted molar refractivity (Wildman–Crippen MR) is 87.1 cm³/mol. The summed E-state index contributed by atoms with van der Waals surface area (Å²) in [4.78, 5) is 1.24. The maximum atomic E-state index is 10.7. The first-order chi connectivity index (χ1) is 9.76. The molecular weight excluding hydrogens is 266 g/mol. The van der Waals surface area contributed by atoms with Gasteiger partial charge in [-0.1, -0.05) is 45.1 Å². The molecule has 1 fully saturated rings. The highest BCUT2D eigenvalue weighted by Crippen LogP contribution is 2.38. The lowest BCUT2D eigenvalue weighted by Gasteiger charge is -2.34. The minimum absolute atomic E-state index is 0.132. The Morgan fingerprint density at radius 2 is 2.10 bits per heavy atom. The lowest BCUT2D eigenvalue weighted by atomic mass is 9.75. The van der Waals surface area contributed by atoms with Crippen LogP contribution in [0.25, 0.3) is 0 Å². The first-order valence-corrected chi connectivity index (χ1v) is 9.05. The molecule has 0 saturated heterocycles. The highest BCUT2D eigenvalue weighted by atomic mass is 32.1. The van der Waals surface area contributed by atoms with Crippen molar-refractivity contribution in [1.29, 1.82) is 0 Å².